The zero-order valence-corrected chi connectivity index (χ0v) is 12.1. The first-order valence-corrected chi connectivity index (χ1v) is 7.50. The van der Waals surface area contributed by atoms with Crippen molar-refractivity contribution in [2.75, 3.05) is 0 Å². The van der Waals surface area contributed by atoms with Crippen molar-refractivity contribution in [2.45, 2.75) is 45.1 Å². The van der Waals surface area contributed by atoms with Crippen molar-refractivity contribution < 1.29 is 9.32 Å². The maximum absolute atomic E-state index is 12.1. The van der Waals surface area contributed by atoms with Crippen LogP contribution in [-0.4, -0.2) is 22.1 Å². The molecule has 110 valence electrons. The molecule has 1 aromatic carbocycles. The Morgan fingerprint density at radius 3 is 2.62 bits per heavy atom. The molecule has 0 atom stereocenters. The van der Waals surface area contributed by atoms with Crippen LogP contribution in [-0.2, 0) is 6.42 Å². The lowest BCUT2D eigenvalue weighted by Crippen LogP contribution is -2.32. The van der Waals surface area contributed by atoms with Crippen molar-refractivity contribution in [3.8, 4) is 11.4 Å². The average Bonchev–Trinajstić information content (AvgIpc) is 3.18. The fraction of sp³-hybridized carbons (Fsp3) is 0.438. The fourth-order valence-electron chi connectivity index (χ4n) is 2.63. The first-order chi connectivity index (χ1) is 10.3. The van der Waals surface area contributed by atoms with Gasteiger partial charge in [0.25, 0.3) is 5.91 Å². The van der Waals surface area contributed by atoms with E-state index in [9.17, 15) is 4.79 Å². The summed E-state index contributed by atoms with van der Waals surface area (Å²) in [6, 6.07) is 7.66. The number of aryl methyl sites for hydroxylation is 1. The summed E-state index contributed by atoms with van der Waals surface area (Å²) in [5.74, 6) is 1.18. The molecule has 3 rings (SSSR count). The molecule has 1 heterocycles. The minimum Gasteiger partial charge on any atom is -0.349 e. The SMILES string of the molecule is CCc1nc(-c2ccc(C(=O)NC3CCCC3)cc2)no1. The Hall–Kier alpha value is -2.17. The Labute approximate surface area is 123 Å². The molecule has 1 aromatic heterocycles. The molecule has 1 aliphatic rings. The minimum absolute atomic E-state index is 0.00388. The van der Waals surface area contributed by atoms with Crippen LogP contribution in [0.25, 0.3) is 11.4 Å². The number of carbonyl (C=O) groups is 1. The number of nitrogens with zero attached hydrogens (tertiary/aromatic N) is 2. The Morgan fingerprint density at radius 1 is 1.29 bits per heavy atom. The van der Waals surface area contributed by atoms with Gasteiger partial charge >= 0.3 is 0 Å². The maximum Gasteiger partial charge on any atom is 0.251 e. The van der Waals surface area contributed by atoms with Gasteiger partial charge in [0.05, 0.1) is 0 Å². The number of benzene rings is 1. The summed E-state index contributed by atoms with van der Waals surface area (Å²) in [5.41, 5.74) is 1.53. The molecular formula is C16H19N3O2. The molecule has 21 heavy (non-hydrogen) atoms. The molecule has 1 saturated carbocycles. The minimum atomic E-state index is -0.00388. The molecule has 0 saturated heterocycles. The van der Waals surface area contributed by atoms with Crippen LogP contribution in [0.5, 0.6) is 0 Å². The number of nitrogens with one attached hydrogen (secondary N) is 1. The fourth-order valence-corrected chi connectivity index (χ4v) is 2.63. The van der Waals surface area contributed by atoms with E-state index in [4.69, 9.17) is 4.52 Å². The molecule has 5 nitrogen and oxygen atoms in total. The standard InChI is InChI=1S/C16H19N3O2/c1-2-14-18-15(19-21-14)11-7-9-12(10-8-11)16(20)17-13-5-3-4-6-13/h7-10,13H,2-6H2,1H3,(H,17,20). The lowest BCUT2D eigenvalue weighted by Gasteiger charge is -2.11. The highest BCUT2D eigenvalue weighted by molar-refractivity contribution is 5.94. The number of amides is 1. The van der Waals surface area contributed by atoms with Crippen LogP contribution in [0.2, 0.25) is 0 Å². The largest absolute Gasteiger partial charge is 0.349 e. The molecule has 1 amide bonds. The Bertz CT molecular complexity index is 613. The van der Waals surface area contributed by atoms with E-state index in [0.29, 0.717) is 23.3 Å². The number of aromatic nitrogens is 2. The first kappa shape index (κ1) is 13.8. The third kappa shape index (κ3) is 3.12. The van der Waals surface area contributed by atoms with E-state index in [-0.39, 0.29) is 5.91 Å². The summed E-state index contributed by atoms with van der Waals surface area (Å²) >= 11 is 0. The molecule has 2 aromatic rings. The van der Waals surface area contributed by atoms with Gasteiger partial charge in [-0.05, 0) is 25.0 Å². The number of carbonyl (C=O) groups excluding carboxylic acids is 1. The quantitative estimate of drug-likeness (QED) is 0.937. The van der Waals surface area contributed by atoms with Crippen molar-refractivity contribution in [1.29, 1.82) is 0 Å². The summed E-state index contributed by atoms with van der Waals surface area (Å²) < 4.78 is 5.09. The van der Waals surface area contributed by atoms with Gasteiger partial charge < -0.3 is 9.84 Å². The van der Waals surface area contributed by atoms with E-state index in [2.05, 4.69) is 15.5 Å². The molecule has 0 radical (unpaired) electrons. The molecule has 1 aliphatic carbocycles. The normalized spacial score (nSPS) is 15.3. The van der Waals surface area contributed by atoms with E-state index < -0.39 is 0 Å². The van der Waals surface area contributed by atoms with Gasteiger partial charge in [-0.15, -0.1) is 0 Å². The predicted octanol–water partition coefficient (Wildman–Crippen LogP) is 2.97. The average molecular weight is 285 g/mol. The van der Waals surface area contributed by atoms with Gasteiger partial charge in [-0.2, -0.15) is 4.98 Å². The molecule has 0 aliphatic heterocycles. The molecule has 1 N–H and O–H groups in total. The summed E-state index contributed by atoms with van der Waals surface area (Å²) in [4.78, 5) is 16.4. The van der Waals surface area contributed by atoms with Gasteiger partial charge in [0, 0.05) is 23.6 Å². The number of hydrogen-bond donors (Lipinski definition) is 1. The Kier molecular flexibility index (Phi) is 3.99. The van der Waals surface area contributed by atoms with Gasteiger partial charge in [0.1, 0.15) is 0 Å². The second-order valence-corrected chi connectivity index (χ2v) is 5.40. The van der Waals surface area contributed by atoms with Gasteiger partial charge in [0.15, 0.2) is 0 Å². The van der Waals surface area contributed by atoms with Crippen LogP contribution >= 0.6 is 0 Å². The van der Waals surface area contributed by atoms with Crippen molar-refractivity contribution in [1.82, 2.24) is 15.5 Å². The molecule has 0 spiro atoms. The summed E-state index contributed by atoms with van der Waals surface area (Å²) in [7, 11) is 0. The molecular weight excluding hydrogens is 266 g/mol. The maximum atomic E-state index is 12.1. The smallest absolute Gasteiger partial charge is 0.251 e. The topological polar surface area (TPSA) is 68.0 Å². The number of rotatable bonds is 4. The highest BCUT2D eigenvalue weighted by Gasteiger charge is 2.18. The number of hydrogen-bond acceptors (Lipinski definition) is 4. The predicted molar refractivity (Wildman–Crippen MR) is 78.8 cm³/mol. The van der Waals surface area contributed by atoms with Crippen LogP contribution in [0.1, 0.15) is 48.9 Å². The third-order valence-electron chi connectivity index (χ3n) is 3.87. The van der Waals surface area contributed by atoms with E-state index >= 15 is 0 Å². The van der Waals surface area contributed by atoms with Gasteiger partial charge in [-0.25, -0.2) is 0 Å². The second-order valence-electron chi connectivity index (χ2n) is 5.40. The van der Waals surface area contributed by atoms with Gasteiger partial charge in [0.2, 0.25) is 11.7 Å². The monoisotopic (exact) mass is 285 g/mol. The van der Waals surface area contributed by atoms with E-state index in [1.165, 1.54) is 12.8 Å². The zero-order chi connectivity index (χ0) is 14.7. The molecule has 5 heteroatoms. The second kappa shape index (κ2) is 6.08. The highest BCUT2D eigenvalue weighted by atomic mass is 16.5. The van der Waals surface area contributed by atoms with Gasteiger partial charge in [-0.3, -0.25) is 4.79 Å². The summed E-state index contributed by atoms with van der Waals surface area (Å²) in [6.45, 7) is 1.97. The molecule has 1 fully saturated rings. The van der Waals surface area contributed by atoms with E-state index in [1.54, 1.807) is 0 Å². The lowest BCUT2D eigenvalue weighted by atomic mass is 10.1. The molecule has 0 bridgehead atoms. The van der Waals surface area contributed by atoms with Crippen molar-refractivity contribution in [3.63, 3.8) is 0 Å². The lowest BCUT2D eigenvalue weighted by molar-refractivity contribution is 0.0938. The van der Waals surface area contributed by atoms with E-state index in [1.807, 2.05) is 31.2 Å². The first-order valence-electron chi connectivity index (χ1n) is 7.50. The van der Waals surface area contributed by atoms with E-state index in [0.717, 1.165) is 24.8 Å². The highest BCUT2D eigenvalue weighted by Crippen LogP contribution is 2.19. The third-order valence-corrected chi connectivity index (χ3v) is 3.87. The van der Waals surface area contributed by atoms with Crippen LogP contribution in [0.3, 0.4) is 0 Å². The Balaban J connectivity index is 1.69. The summed E-state index contributed by atoms with van der Waals surface area (Å²) in [6.07, 6.45) is 5.32. The zero-order valence-electron chi connectivity index (χ0n) is 12.1. The van der Waals surface area contributed by atoms with Crippen LogP contribution < -0.4 is 5.32 Å². The van der Waals surface area contributed by atoms with Gasteiger partial charge in [-0.1, -0.05) is 37.1 Å². The molecule has 0 unspecified atom stereocenters. The van der Waals surface area contributed by atoms with Crippen LogP contribution in [0.15, 0.2) is 28.8 Å². The van der Waals surface area contributed by atoms with Crippen LogP contribution in [0.4, 0.5) is 0 Å². The van der Waals surface area contributed by atoms with Crippen molar-refractivity contribution in [2.24, 2.45) is 0 Å². The Morgan fingerprint density at radius 2 is 2.00 bits per heavy atom. The van der Waals surface area contributed by atoms with Crippen LogP contribution in [0, 0.1) is 0 Å². The summed E-state index contributed by atoms with van der Waals surface area (Å²) in [5, 5.41) is 7.01. The van der Waals surface area contributed by atoms with Crippen molar-refractivity contribution >= 4 is 5.91 Å². The van der Waals surface area contributed by atoms with Crippen molar-refractivity contribution in [3.05, 3.63) is 35.7 Å².